The minimum Gasteiger partial charge on any atom is -0.381 e. The van der Waals surface area contributed by atoms with Crippen LogP contribution in [-0.2, 0) is 0 Å². The number of para-hydroxylation sites is 2. The number of nitrogens with zero attached hydrogens (tertiary/aromatic N) is 2. The molecule has 2 aliphatic heterocycles. The molecule has 1 atom stereocenters. The number of rotatable bonds is 3. The molecule has 1 unspecified atom stereocenters. The van der Waals surface area contributed by atoms with Crippen LogP contribution in [0.2, 0.25) is 0 Å². The van der Waals surface area contributed by atoms with Crippen LogP contribution < -0.4 is 15.5 Å². The third kappa shape index (κ3) is 2.32. The molecule has 3 rings (SSSR count). The molecule has 0 radical (unpaired) electrons. The van der Waals surface area contributed by atoms with E-state index in [0.29, 0.717) is 6.04 Å². The van der Waals surface area contributed by atoms with Crippen molar-refractivity contribution in [3.8, 4) is 0 Å². The second kappa shape index (κ2) is 4.99. The highest BCUT2D eigenvalue weighted by Crippen LogP contribution is 2.30. The summed E-state index contributed by atoms with van der Waals surface area (Å²) in [6.07, 6.45) is 0. The monoisotopic (exact) mass is 260 g/mol. The molecular formula is C14H20N4O. The maximum absolute atomic E-state index is 11.6. The van der Waals surface area contributed by atoms with Crippen molar-refractivity contribution < 1.29 is 4.79 Å². The Labute approximate surface area is 113 Å². The number of hydrogen-bond acceptors (Lipinski definition) is 3. The van der Waals surface area contributed by atoms with Crippen LogP contribution in [0.5, 0.6) is 0 Å². The van der Waals surface area contributed by atoms with Crippen molar-refractivity contribution in [2.45, 2.75) is 13.0 Å². The summed E-state index contributed by atoms with van der Waals surface area (Å²) in [6.45, 7) is 6.42. The van der Waals surface area contributed by atoms with Gasteiger partial charge in [0.25, 0.3) is 0 Å². The highest BCUT2D eigenvalue weighted by Gasteiger charge is 2.25. The van der Waals surface area contributed by atoms with Gasteiger partial charge in [-0.15, -0.1) is 0 Å². The first-order valence-electron chi connectivity index (χ1n) is 6.88. The first-order chi connectivity index (χ1) is 9.25. The predicted octanol–water partition coefficient (Wildman–Crippen LogP) is 1.33. The molecule has 0 aromatic heterocycles. The Balaban J connectivity index is 1.71. The minimum absolute atomic E-state index is 0.0658. The van der Waals surface area contributed by atoms with Crippen molar-refractivity contribution in [3.63, 3.8) is 0 Å². The van der Waals surface area contributed by atoms with E-state index >= 15 is 0 Å². The van der Waals surface area contributed by atoms with Gasteiger partial charge in [0.2, 0.25) is 0 Å². The number of carbonyl (C=O) groups excluding carboxylic acids is 1. The molecule has 0 saturated carbocycles. The van der Waals surface area contributed by atoms with Gasteiger partial charge in [0.05, 0.1) is 11.4 Å². The van der Waals surface area contributed by atoms with Gasteiger partial charge in [-0.25, -0.2) is 4.79 Å². The van der Waals surface area contributed by atoms with Gasteiger partial charge in [-0.05, 0) is 19.1 Å². The fraction of sp³-hybridized carbons (Fsp3) is 0.500. The molecule has 102 valence electrons. The van der Waals surface area contributed by atoms with Crippen LogP contribution in [0.1, 0.15) is 6.92 Å². The SMILES string of the molecule is CC1CNc2ccccc2N1CCN1CCNC1=O. The number of carbonyl (C=O) groups is 1. The second-order valence-electron chi connectivity index (χ2n) is 5.16. The summed E-state index contributed by atoms with van der Waals surface area (Å²) in [5.41, 5.74) is 2.42. The largest absolute Gasteiger partial charge is 0.381 e. The van der Waals surface area contributed by atoms with Gasteiger partial charge in [0.1, 0.15) is 0 Å². The summed E-state index contributed by atoms with van der Waals surface area (Å²) in [5.74, 6) is 0. The van der Waals surface area contributed by atoms with E-state index in [4.69, 9.17) is 0 Å². The van der Waals surface area contributed by atoms with Crippen molar-refractivity contribution in [2.75, 3.05) is 42.9 Å². The molecule has 2 amide bonds. The average molecular weight is 260 g/mol. The molecule has 1 fully saturated rings. The van der Waals surface area contributed by atoms with Crippen LogP contribution in [0.15, 0.2) is 24.3 Å². The normalized spacial score (nSPS) is 21.9. The lowest BCUT2D eigenvalue weighted by Gasteiger charge is -2.38. The molecule has 1 aromatic rings. The van der Waals surface area contributed by atoms with Gasteiger partial charge < -0.3 is 20.4 Å². The van der Waals surface area contributed by atoms with E-state index in [2.05, 4.69) is 40.7 Å². The number of amides is 2. The average Bonchev–Trinajstić information content (AvgIpc) is 2.83. The van der Waals surface area contributed by atoms with E-state index in [0.717, 1.165) is 32.7 Å². The zero-order chi connectivity index (χ0) is 13.2. The third-order valence-corrected chi connectivity index (χ3v) is 3.89. The van der Waals surface area contributed by atoms with Crippen LogP contribution in [0, 0.1) is 0 Å². The van der Waals surface area contributed by atoms with Crippen molar-refractivity contribution in [2.24, 2.45) is 0 Å². The minimum atomic E-state index is 0.0658. The first kappa shape index (κ1) is 12.1. The lowest BCUT2D eigenvalue weighted by Crippen LogP contribution is -2.46. The van der Waals surface area contributed by atoms with Crippen molar-refractivity contribution in [1.29, 1.82) is 0 Å². The van der Waals surface area contributed by atoms with Gasteiger partial charge in [0.15, 0.2) is 0 Å². The summed E-state index contributed by atoms with van der Waals surface area (Å²) in [5, 5.41) is 6.29. The van der Waals surface area contributed by atoms with Crippen LogP contribution in [0.3, 0.4) is 0 Å². The summed E-state index contributed by atoms with van der Waals surface area (Å²) >= 11 is 0. The Morgan fingerprint density at radius 2 is 2.11 bits per heavy atom. The van der Waals surface area contributed by atoms with Crippen molar-refractivity contribution >= 4 is 17.4 Å². The molecule has 1 saturated heterocycles. The molecule has 2 N–H and O–H groups in total. The molecule has 1 aromatic carbocycles. The fourth-order valence-electron chi connectivity index (χ4n) is 2.77. The quantitative estimate of drug-likeness (QED) is 0.862. The molecule has 5 heteroatoms. The maximum atomic E-state index is 11.6. The Kier molecular flexibility index (Phi) is 3.19. The zero-order valence-corrected chi connectivity index (χ0v) is 11.2. The van der Waals surface area contributed by atoms with Crippen molar-refractivity contribution in [3.05, 3.63) is 24.3 Å². The zero-order valence-electron chi connectivity index (χ0n) is 11.2. The van der Waals surface area contributed by atoms with Crippen LogP contribution in [0.4, 0.5) is 16.2 Å². The van der Waals surface area contributed by atoms with Crippen LogP contribution in [0.25, 0.3) is 0 Å². The molecule has 2 aliphatic rings. The number of nitrogens with one attached hydrogen (secondary N) is 2. The number of anilines is 2. The molecule has 0 bridgehead atoms. The summed E-state index contributed by atoms with van der Waals surface area (Å²) < 4.78 is 0. The smallest absolute Gasteiger partial charge is 0.317 e. The number of benzene rings is 1. The Morgan fingerprint density at radius 3 is 2.89 bits per heavy atom. The summed E-state index contributed by atoms with van der Waals surface area (Å²) in [7, 11) is 0. The Hall–Kier alpha value is -1.91. The molecule has 0 aliphatic carbocycles. The fourth-order valence-corrected chi connectivity index (χ4v) is 2.77. The van der Waals surface area contributed by atoms with E-state index in [-0.39, 0.29) is 6.03 Å². The Bertz CT molecular complexity index is 476. The molecule has 5 nitrogen and oxygen atoms in total. The van der Waals surface area contributed by atoms with E-state index in [1.165, 1.54) is 11.4 Å². The molecular weight excluding hydrogens is 240 g/mol. The Morgan fingerprint density at radius 1 is 1.26 bits per heavy atom. The van der Waals surface area contributed by atoms with Gasteiger partial charge in [0, 0.05) is 38.8 Å². The second-order valence-corrected chi connectivity index (χ2v) is 5.16. The van der Waals surface area contributed by atoms with E-state index in [9.17, 15) is 4.79 Å². The lowest BCUT2D eigenvalue weighted by atomic mass is 10.1. The number of urea groups is 1. The summed E-state index contributed by atoms with van der Waals surface area (Å²) in [4.78, 5) is 15.8. The highest BCUT2D eigenvalue weighted by atomic mass is 16.2. The summed E-state index contributed by atoms with van der Waals surface area (Å²) in [6, 6.07) is 8.87. The van der Waals surface area contributed by atoms with Crippen LogP contribution in [-0.4, -0.2) is 49.7 Å². The molecule has 0 spiro atoms. The molecule has 19 heavy (non-hydrogen) atoms. The first-order valence-corrected chi connectivity index (χ1v) is 6.88. The lowest BCUT2D eigenvalue weighted by molar-refractivity contribution is 0.218. The van der Waals surface area contributed by atoms with E-state index < -0.39 is 0 Å². The van der Waals surface area contributed by atoms with E-state index in [1.54, 1.807) is 0 Å². The third-order valence-electron chi connectivity index (χ3n) is 3.89. The van der Waals surface area contributed by atoms with Gasteiger partial charge >= 0.3 is 6.03 Å². The number of fused-ring (bicyclic) bond motifs is 1. The maximum Gasteiger partial charge on any atom is 0.317 e. The van der Waals surface area contributed by atoms with Crippen molar-refractivity contribution in [1.82, 2.24) is 10.2 Å². The van der Waals surface area contributed by atoms with Gasteiger partial charge in [-0.3, -0.25) is 0 Å². The van der Waals surface area contributed by atoms with Gasteiger partial charge in [-0.2, -0.15) is 0 Å². The topological polar surface area (TPSA) is 47.6 Å². The number of hydrogen-bond donors (Lipinski definition) is 2. The standard InChI is InChI=1S/C14H20N4O/c1-11-10-16-12-4-2-3-5-13(12)18(11)9-8-17-7-6-15-14(17)19/h2-5,11,16H,6-10H2,1H3,(H,15,19). The molecule has 2 heterocycles. The predicted molar refractivity (Wildman–Crippen MR) is 76.7 cm³/mol. The highest BCUT2D eigenvalue weighted by molar-refractivity contribution is 5.76. The van der Waals surface area contributed by atoms with Crippen LogP contribution >= 0.6 is 0 Å². The van der Waals surface area contributed by atoms with E-state index in [1.807, 2.05) is 11.0 Å². The van der Waals surface area contributed by atoms with Gasteiger partial charge in [-0.1, -0.05) is 12.1 Å².